The maximum Gasteiger partial charge on any atom is 0.307 e. The third-order valence-corrected chi connectivity index (χ3v) is 10.8. The highest BCUT2D eigenvalue weighted by Gasteiger charge is 2.41. The normalized spacial score (nSPS) is 33.1. The number of amides is 1. The predicted octanol–water partition coefficient (Wildman–Crippen LogP) is 5.81. The summed E-state index contributed by atoms with van der Waals surface area (Å²) in [6.45, 7) is 2.12. The number of carboxylic acid groups (broad SMARTS) is 1. The van der Waals surface area contributed by atoms with Gasteiger partial charge in [-0.2, -0.15) is 0 Å². The molecule has 4 aliphatic carbocycles. The van der Waals surface area contributed by atoms with Crippen LogP contribution in [-0.2, 0) is 19.3 Å². The van der Waals surface area contributed by atoms with Gasteiger partial charge in [0.05, 0.1) is 25.0 Å². The van der Waals surface area contributed by atoms with Gasteiger partial charge in [0.15, 0.2) is 0 Å². The monoisotopic (exact) mass is 550 g/mol. The average molecular weight is 551 g/mol. The fourth-order valence-electron chi connectivity index (χ4n) is 8.48. The molecule has 0 aliphatic heterocycles. The van der Waals surface area contributed by atoms with Gasteiger partial charge < -0.3 is 15.3 Å². The zero-order chi connectivity index (χ0) is 27.5. The summed E-state index contributed by atoms with van der Waals surface area (Å²) < 4.78 is 0. The van der Waals surface area contributed by atoms with E-state index < -0.39 is 17.8 Å². The van der Waals surface area contributed by atoms with Crippen LogP contribution in [0.15, 0.2) is 0 Å². The Morgan fingerprint density at radius 3 is 1.95 bits per heavy atom. The summed E-state index contributed by atoms with van der Waals surface area (Å²) in [5.41, 5.74) is 3.07. The molecule has 0 radical (unpaired) electrons. The van der Waals surface area contributed by atoms with Crippen molar-refractivity contribution in [2.45, 2.75) is 109 Å². The molecule has 6 atom stereocenters. The molecule has 1 amide bonds. The lowest BCUT2D eigenvalue weighted by Gasteiger charge is -2.40. The molecule has 0 heterocycles. The Kier molecular flexibility index (Phi) is 12.8. The van der Waals surface area contributed by atoms with Crippen LogP contribution in [0.5, 0.6) is 0 Å². The zero-order valence-corrected chi connectivity index (χ0v) is 24.0. The molecule has 4 rings (SSSR count). The maximum absolute atomic E-state index is 13.0. The summed E-state index contributed by atoms with van der Waals surface area (Å²) >= 11 is 0. The van der Waals surface area contributed by atoms with Crippen molar-refractivity contribution in [3.63, 3.8) is 0 Å². The molecule has 224 valence electrons. The minimum atomic E-state index is -0.828. The van der Waals surface area contributed by atoms with Crippen molar-refractivity contribution in [2.75, 3.05) is 26.3 Å². The van der Waals surface area contributed by atoms with Crippen LogP contribution >= 0.6 is 0 Å². The number of carbonyl (C=O) groups is 2. The lowest BCUT2D eigenvalue weighted by Crippen LogP contribution is -2.43. The van der Waals surface area contributed by atoms with Gasteiger partial charge in [-0.3, -0.25) is 14.8 Å². The predicted molar refractivity (Wildman–Crippen MR) is 150 cm³/mol. The van der Waals surface area contributed by atoms with E-state index in [0.29, 0.717) is 56.4 Å². The molecular weight excluding hydrogens is 496 g/mol. The Morgan fingerprint density at radius 1 is 0.667 bits per heavy atom. The smallest absolute Gasteiger partial charge is 0.307 e. The van der Waals surface area contributed by atoms with Crippen LogP contribution in [0.2, 0.25) is 0 Å². The van der Waals surface area contributed by atoms with E-state index in [1.807, 2.05) is 0 Å². The van der Waals surface area contributed by atoms with E-state index in [-0.39, 0.29) is 5.91 Å². The maximum atomic E-state index is 13.0. The highest BCUT2D eigenvalue weighted by molar-refractivity contribution is 5.84. The van der Waals surface area contributed by atoms with Crippen LogP contribution in [0, 0.1) is 47.3 Å². The van der Waals surface area contributed by atoms with Crippen molar-refractivity contribution >= 4 is 11.9 Å². The van der Waals surface area contributed by atoms with E-state index >= 15 is 0 Å². The van der Waals surface area contributed by atoms with Crippen LogP contribution in [-0.4, -0.2) is 48.5 Å². The molecule has 0 spiro atoms. The molecule has 4 N–H and O–H groups in total. The largest absolute Gasteiger partial charge is 0.481 e. The lowest BCUT2D eigenvalue weighted by atomic mass is 9.66. The van der Waals surface area contributed by atoms with Gasteiger partial charge in [-0.05, 0) is 80.5 Å². The SMILES string of the molecule is O=C(O)C1CCC(C2CCCCC2)CC1C(=O)NCCCNOCC1CC(C2CCCCC2)CCC1COO. The Balaban J connectivity index is 1.14. The highest BCUT2D eigenvalue weighted by Crippen LogP contribution is 2.44. The third-order valence-electron chi connectivity index (χ3n) is 10.8. The molecule has 8 nitrogen and oxygen atoms in total. The molecule has 4 fully saturated rings. The van der Waals surface area contributed by atoms with E-state index in [4.69, 9.17) is 10.1 Å². The number of aliphatic carboxylic acids is 1. The van der Waals surface area contributed by atoms with Crippen LogP contribution in [0.1, 0.15) is 109 Å². The first-order chi connectivity index (χ1) is 19.1. The van der Waals surface area contributed by atoms with Crippen molar-refractivity contribution < 1.29 is 29.7 Å². The quantitative estimate of drug-likeness (QED) is 0.130. The second kappa shape index (κ2) is 16.3. The molecule has 0 saturated heterocycles. The van der Waals surface area contributed by atoms with Crippen molar-refractivity contribution in [1.29, 1.82) is 0 Å². The molecule has 0 bridgehead atoms. The van der Waals surface area contributed by atoms with Gasteiger partial charge in [-0.15, -0.1) is 0 Å². The highest BCUT2D eigenvalue weighted by atomic mass is 17.1. The first-order valence-corrected chi connectivity index (χ1v) is 16.2. The minimum absolute atomic E-state index is 0.0911. The van der Waals surface area contributed by atoms with E-state index in [2.05, 4.69) is 15.7 Å². The molecule has 39 heavy (non-hydrogen) atoms. The summed E-state index contributed by atoms with van der Waals surface area (Å²) in [5, 5.41) is 21.8. The first kappa shape index (κ1) is 30.7. The summed E-state index contributed by atoms with van der Waals surface area (Å²) in [4.78, 5) is 35.3. The molecule has 0 aromatic rings. The van der Waals surface area contributed by atoms with E-state index in [9.17, 15) is 14.7 Å². The summed E-state index contributed by atoms with van der Waals surface area (Å²) in [6, 6.07) is 0. The molecule has 6 unspecified atom stereocenters. The number of nitrogens with one attached hydrogen (secondary N) is 2. The van der Waals surface area contributed by atoms with Gasteiger partial charge in [-0.25, -0.2) is 10.4 Å². The van der Waals surface area contributed by atoms with Gasteiger partial charge in [0.2, 0.25) is 5.91 Å². The van der Waals surface area contributed by atoms with E-state index in [1.165, 1.54) is 70.6 Å². The minimum Gasteiger partial charge on any atom is -0.481 e. The Hall–Kier alpha value is -1.22. The molecule has 8 heteroatoms. The summed E-state index contributed by atoms with van der Waals surface area (Å²) in [5.74, 6) is 1.56. The zero-order valence-electron chi connectivity index (χ0n) is 24.0. The second-order valence-electron chi connectivity index (χ2n) is 13.2. The van der Waals surface area contributed by atoms with Gasteiger partial charge >= 0.3 is 5.97 Å². The van der Waals surface area contributed by atoms with Crippen molar-refractivity contribution in [1.82, 2.24) is 10.8 Å². The number of carbonyl (C=O) groups excluding carboxylic acids is 1. The summed E-state index contributed by atoms with van der Waals surface area (Å²) in [6.07, 6.45) is 19.6. The van der Waals surface area contributed by atoms with Gasteiger partial charge in [0, 0.05) is 13.1 Å². The summed E-state index contributed by atoms with van der Waals surface area (Å²) in [7, 11) is 0. The number of rotatable bonds is 13. The van der Waals surface area contributed by atoms with Crippen molar-refractivity contribution in [2.24, 2.45) is 47.3 Å². The average Bonchev–Trinajstić information content (AvgIpc) is 2.98. The Bertz CT molecular complexity index is 739. The topological polar surface area (TPSA) is 117 Å². The van der Waals surface area contributed by atoms with Gasteiger partial charge in [-0.1, -0.05) is 64.2 Å². The second-order valence-corrected chi connectivity index (χ2v) is 13.2. The first-order valence-electron chi connectivity index (χ1n) is 16.2. The molecule has 0 aromatic heterocycles. The Morgan fingerprint density at radius 2 is 1.31 bits per heavy atom. The fraction of sp³-hybridized carbons (Fsp3) is 0.935. The number of carboxylic acids is 1. The fourth-order valence-corrected chi connectivity index (χ4v) is 8.48. The van der Waals surface area contributed by atoms with Gasteiger partial charge in [0.1, 0.15) is 0 Å². The van der Waals surface area contributed by atoms with Crippen molar-refractivity contribution in [3.05, 3.63) is 0 Å². The van der Waals surface area contributed by atoms with Gasteiger partial charge in [0.25, 0.3) is 0 Å². The van der Waals surface area contributed by atoms with E-state index in [0.717, 1.165) is 43.9 Å². The van der Waals surface area contributed by atoms with Crippen LogP contribution in [0.3, 0.4) is 0 Å². The number of hydroxylamine groups is 1. The number of hydrogen-bond donors (Lipinski definition) is 4. The molecule has 4 aliphatic rings. The standard InChI is InChI=1S/C31H54N2O6/c34-30(29-19-25(14-15-28(29)31(35)36)23-10-5-2-6-11-23)32-16-7-17-33-38-20-27-18-24(12-13-26(27)21-39-37)22-8-3-1-4-9-22/h22-29,33,37H,1-21H2,(H,32,34)(H,35,36). The van der Waals surface area contributed by atoms with Crippen molar-refractivity contribution in [3.8, 4) is 0 Å². The molecule has 0 aromatic carbocycles. The molecular formula is C31H54N2O6. The van der Waals surface area contributed by atoms with E-state index in [1.54, 1.807) is 0 Å². The number of hydrogen-bond acceptors (Lipinski definition) is 6. The van der Waals surface area contributed by atoms with Crippen LogP contribution < -0.4 is 10.8 Å². The lowest BCUT2D eigenvalue weighted by molar-refractivity contribution is -0.257. The van der Waals surface area contributed by atoms with Crippen LogP contribution in [0.4, 0.5) is 0 Å². The third kappa shape index (κ3) is 9.14. The Labute approximate surface area is 235 Å². The van der Waals surface area contributed by atoms with Crippen LogP contribution in [0.25, 0.3) is 0 Å². The molecule has 4 saturated carbocycles.